The third-order valence-corrected chi connectivity index (χ3v) is 13.4. The fourth-order valence-corrected chi connectivity index (χ4v) is 11.6. The highest BCUT2D eigenvalue weighted by molar-refractivity contribution is 5.21. The number of fused-ring (bicyclic) bond motifs is 7. The molecule has 5 fully saturated rings. The number of rotatable bonds is 1. The van der Waals surface area contributed by atoms with E-state index in [2.05, 4.69) is 55.0 Å². The maximum absolute atomic E-state index is 11.0. The van der Waals surface area contributed by atoms with Crippen molar-refractivity contribution in [1.82, 2.24) is 0 Å². The number of aliphatic hydroxyl groups excluding tert-OH is 2. The van der Waals surface area contributed by atoms with Gasteiger partial charge in [0.05, 0.1) is 12.2 Å². The minimum absolute atomic E-state index is 0.118. The van der Waals surface area contributed by atoms with E-state index >= 15 is 0 Å². The Morgan fingerprint density at radius 2 is 1.47 bits per heavy atom. The van der Waals surface area contributed by atoms with Crippen LogP contribution in [0.3, 0.4) is 0 Å². The van der Waals surface area contributed by atoms with Crippen LogP contribution in [0.1, 0.15) is 106 Å². The van der Waals surface area contributed by atoms with Gasteiger partial charge in [0, 0.05) is 0 Å². The molecule has 0 amide bonds. The molecule has 0 heterocycles. The second kappa shape index (κ2) is 6.87. The van der Waals surface area contributed by atoms with Gasteiger partial charge >= 0.3 is 0 Å². The minimum atomic E-state index is -0.595. The molecule has 0 aromatic rings. The molecule has 0 radical (unpaired) electrons. The Bertz CT molecular complexity index is 801. The first-order valence-electron chi connectivity index (χ1n) is 13.7. The van der Waals surface area contributed by atoms with Gasteiger partial charge in [0.2, 0.25) is 0 Å². The maximum Gasteiger partial charge on any atom is 0.0852 e. The SMILES string of the molecule is C=C(C)[C@@H]1CC[C@]2(C)CC[C@]3(C)[C@H](CC[C@@H]4[C@@]5(C)C[C@@H](O)[C@H](O)C(C)(C)[C@@H]5CC[C@]43C)[C@H]12. The fourth-order valence-electron chi connectivity index (χ4n) is 11.6. The third-order valence-electron chi connectivity index (χ3n) is 13.4. The quantitative estimate of drug-likeness (QED) is 0.429. The van der Waals surface area contributed by atoms with E-state index < -0.39 is 12.2 Å². The molecule has 2 nitrogen and oxygen atoms in total. The molecule has 0 aliphatic heterocycles. The van der Waals surface area contributed by atoms with Gasteiger partial charge < -0.3 is 10.2 Å². The van der Waals surface area contributed by atoms with E-state index in [0.29, 0.717) is 34.0 Å². The Morgan fingerprint density at radius 3 is 2.12 bits per heavy atom. The Hall–Kier alpha value is -0.340. The van der Waals surface area contributed by atoms with Crippen molar-refractivity contribution in [2.45, 2.75) is 118 Å². The molecule has 0 spiro atoms. The summed E-state index contributed by atoms with van der Waals surface area (Å²) >= 11 is 0. The van der Waals surface area contributed by atoms with Crippen LogP contribution in [0.15, 0.2) is 12.2 Å². The van der Waals surface area contributed by atoms with Gasteiger partial charge in [-0.3, -0.25) is 0 Å². The number of hydrogen-bond donors (Lipinski definition) is 2. The lowest BCUT2D eigenvalue weighted by Crippen LogP contribution is -2.68. The van der Waals surface area contributed by atoms with Crippen molar-refractivity contribution >= 4 is 0 Å². The van der Waals surface area contributed by atoms with Crippen LogP contribution < -0.4 is 0 Å². The van der Waals surface area contributed by atoms with Crippen molar-refractivity contribution in [2.24, 2.45) is 56.7 Å². The molecular weight excluding hydrogens is 392 g/mol. The molecule has 5 rings (SSSR count). The van der Waals surface area contributed by atoms with E-state index in [1.54, 1.807) is 0 Å². The molecule has 2 N–H and O–H groups in total. The van der Waals surface area contributed by atoms with Gasteiger partial charge in [-0.25, -0.2) is 0 Å². The van der Waals surface area contributed by atoms with Gasteiger partial charge in [-0.05, 0) is 121 Å². The van der Waals surface area contributed by atoms with Crippen molar-refractivity contribution in [3.8, 4) is 0 Å². The van der Waals surface area contributed by atoms with Crippen LogP contribution in [0.2, 0.25) is 0 Å². The summed E-state index contributed by atoms with van der Waals surface area (Å²) in [5.74, 6) is 3.46. The lowest BCUT2D eigenvalue weighted by molar-refractivity contribution is -0.262. The predicted octanol–water partition coefficient (Wildman–Crippen LogP) is 7.00. The summed E-state index contributed by atoms with van der Waals surface area (Å²) in [7, 11) is 0. The van der Waals surface area contributed by atoms with Crippen molar-refractivity contribution in [1.29, 1.82) is 0 Å². The molecule has 0 bridgehead atoms. The van der Waals surface area contributed by atoms with Crippen molar-refractivity contribution in [3.05, 3.63) is 12.2 Å². The normalized spacial score (nSPS) is 58.8. The van der Waals surface area contributed by atoms with E-state index in [4.69, 9.17) is 0 Å². The van der Waals surface area contributed by atoms with Gasteiger partial charge in [0.15, 0.2) is 0 Å². The topological polar surface area (TPSA) is 40.5 Å². The molecule has 2 heteroatoms. The van der Waals surface area contributed by atoms with Gasteiger partial charge in [-0.2, -0.15) is 0 Å². The monoisotopic (exact) mass is 442 g/mol. The van der Waals surface area contributed by atoms with Crippen LogP contribution >= 0.6 is 0 Å². The van der Waals surface area contributed by atoms with E-state index in [1.807, 2.05) is 0 Å². The number of allylic oxidation sites excluding steroid dienone is 1. The smallest absolute Gasteiger partial charge is 0.0852 e. The van der Waals surface area contributed by atoms with Crippen LogP contribution in [0.25, 0.3) is 0 Å². The van der Waals surface area contributed by atoms with Crippen LogP contribution in [0, 0.1) is 56.7 Å². The Labute approximate surface area is 197 Å². The lowest BCUT2D eigenvalue weighted by Gasteiger charge is -2.73. The molecule has 182 valence electrons. The molecule has 5 aliphatic rings. The van der Waals surface area contributed by atoms with Crippen molar-refractivity contribution < 1.29 is 10.2 Å². The van der Waals surface area contributed by atoms with Gasteiger partial charge in [-0.1, -0.05) is 53.7 Å². The summed E-state index contributed by atoms with van der Waals surface area (Å²) in [6.07, 6.45) is 10.2. The summed E-state index contributed by atoms with van der Waals surface area (Å²) < 4.78 is 0. The first-order valence-corrected chi connectivity index (χ1v) is 13.7. The molecule has 0 saturated heterocycles. The first-order chi connectivity index (χ1) is 14.7. The van der Waals surface area contributed by atoms with Gasteiger partial charge in [-0.15, -0.1) is 0 Å². The molecule has 0 aromatic heterocycles. The average molecular weight is 443 g/mol. The zero-order valence-electron chi connectivity index (χ0n) is 22.0. The Kier molecular flexibility index (Phi) is 5.02. The van der Waals surface area contributed by atoms with Crippen LogP contribution in [-0.4, -0.2) is 22.4 Å². The zero-order chi connectivity index (χ0) is 23.5. The second-order valence-electron chi connectivity index (χ2n) is 14.9. The van der Waals surface area contributed by atoms with Gasteiger partial charge in [0.25, 0.3) is 0 Å². The first kappa shape index (κ1) is 23.4. The Balaban J connectivity index is 1.55. The van der Waals surface area contributed by atoms with Crippen LogP contribution in [0.5, 0.6) is 0 Å². The van der Waals surface area contributed by atoms with E-state index in [0.717, 1.165) is 18.3 Å². The molecule has 32 heavy (non-hydrogen) atoms. The molecule has 5 saturated carbocycles. The number of aliphatic hydroxyl groups is 2. The summed E-state index contributed by atoms with van der Waals surface area (Å²) in [6.45, 7) is 21.6. The second-order valence-corrected chi connectivity index (χ2v) is 14.9. The predicted molar refractivity (Wildman–Crippen MR) is 132 cm³/mol. The average Bonchev–Trinajstić information content (AvgIpc) is 3.05. The highest BCUT2D eigenvalue weighted by atomic mass is 16.3. The van der Waals surface area contributed by atoms with E-state index in [9.17, 15) is 10.2 Å². The summed E-state index contributed by atoms with van der Waals surface area (Å²) in [5.41, 5.74) is 2.53. The zero-order valence-corrected chi connectivity index (χ0v) is 22.0. The summed E-state index contributed by atoms with van der Waals surface area (Å²) in [5, 5.41) is 21.9. The van der Waals surface area contributed by atoms with Crippen molar-refractivity contribution in [3.63, 3.8) is 0 Å². The van der Waals surface area contributed by atoms with E-state index in [-0.39, 0.29) is 10.8 Å². The highest BCUT2D eigenvalue weighted by Gasteiger charge is 2.70. The Morgan fingerprint density at radius 1 is 0.781 bits per heavy atom. The summed E-state index contributed by atoms with van der Waals surface area (Å²) in [4.78, 5) is 0. The summed E-state index contributed by atoms with van der Waals surface area (Å²) in [6, 6.07) is 0. The molecule has 0 unspecified atom stereocenters. The van der Waals surface area contributed by atoms with Gasteiger partial charge in [0.1, 0.15) is 0 Å². The molecule has 11 atom stereocenters. The standard InChI is InChI=1S/C30H50O2/c1-18(2)19-11-13-27(5)15-16-29(7)20(24(19)27)9-10-23-28(6)17-21(31)25(32)26(3,4)22(28)12-14-30(23,29)8/h19-25,31-32H,1,9-17H2,2-8H3/t19-,20+,21+,22-,23+,24-,25-,27+,28-,29+,30+/m0/s1. The molecule has 5 aliphatic carbocycles. The lowest BCUT2D eigenvalue weighted by atomic mass is 9.32. The minimum Gasteiger partial charge on any atom is -0.390 e. The number of hydrogen-bond acceptors (Lipinski definition) is 2. The van der Waals surface area contributed by atoms with Crippen LogP contribution in [0.4, 0.5) is 0 Å². The molecule has 0 aromatic carbocycles. The fraction of sp³-hybridized carbons (Fsp3) is 0.933. The van der Waals surface area contributed by atoms with Crippen molar-refractivity contribution in [2.75, 3.05) is 0 Å². The van der Waals surface area contributed by atoms with Crippen LogP contribution in [-0.2, 0) is 0 Å². The van der Waals surface area contributed by atoms with E-state index in [1.165, 1.54) is 56.9 Å². The highest BCUT2D eigenvalue weighted by Crippen LogP contribution is 2.77. The third kappa shape index (κ3) is 2.66. The molecular formula is C30H50O2. The maximum atomic E-state index is 11.0. The largest absolute Gasteiger partial charge is 0.390 e.